The zero-order chi connectivity index (χ0) is 17.5. The second-order valence-corrected chi connectivity index (χ2v) is 6.16. The molecule has 0 radical (unpaired) electrons. The molecule has 0 aliphatic heterocycles. The van der Waals surface area contributed by atoms with Crippen LogP contribution >= 0.6 is 23.2 Å². The molecule has 2 rings (SSSR count). The van der Waals surface area contributed by atoms with Gasteiger partial charge in [-0.2, -0.15) is 0 Å². The highest BCUT2D eigenvalue weighted by Crippen LogP contribution is 2.28. The van der Waals surface area contributed by atoms with Crippen LogP contribution in [0.2, 0.25) is 10.0 Å². The summed E-state index contributed by atoms with van der Waals surface area (Å²) >= 11 is 12.4. The number of esters is 1. The van der Waals surface area contributed by atoms with Gasteiger partial charge in [-0.05, 0) is 28.8 Å². The van der Waals surface area contributed by atoms with Crippen molar-refractivity contribution in [2.24, 2.45) is 0 Å². The van der Waals surface area contributed by atoms with Crippen LogP contribution in [-0.4, -0.2) is 35.5 Å². The molecule has 6 heteroatoms. The number of halogens is 2. The molecule has 2 aromatic carbocycles. The van der Waals surface area contributed by atoms with Gasteiger partial charge in [-0.3, -0.25) is 4.79 Å². The van der Waals surface area contributed by atoms with Gasteiger partial charge in [-0.25, -0.2) is 0 Å². The zero-order valence-electron chi connectivity index (χ0n) is 12.9. The molecular formula is C18H18Cl2O4. The van der Waals surface area contributed by atoms with Gasteiger partial charge >= 0.3 is 5.97 Å². The average Bonchev–Trinajstić information content (AvgIpc) is 2.57. The lowest BCUT2D eigenvalue weighted by Gasteiger charge is -2.12. The van der Waals surface area contributed by atoms with E-state index < -0.39 is 18.7 Å². The normalized spacial score (nSPS) is 12.0. The number of carbonyl (C=O) groups excluding carboxylic acids is 1. The second kappa shape index (κ2) is 9.04. The molecular weight excluding hydrogens is 351 g/mol. The summed E-state index contributed by atoms with van der Waals surface area (Å²) in [5, 5.41) is 19.1. The van der Waals surface area contributed by atoms with Crippen molar-refractivity contribution in [3.05, 3.63) is 69.2 Å². The quantitative estimate of drug-likeness (QED) is 0.737. The van der Waals surface area contributed by atoms with Crippen molar-refractivity contribution in [3.63, 3.8) is 0 Å². The molecule has 0 heterocycles. The maximum Gasteiger partial charge on any atom is 0.310 e. The van der Waals surface area contributed by atoms with Crippen LogP contribution in [0.3, 0.4) is 0 Å². The summed E-state index contributed by atoms with van der Waals surface area (Å²) in [6.45, 7) is -0.678. The molecule has 2 N–H and O–H groups in total. The summed E-state index contributed by atoms with van der Waals surface area (Å²) in [5.41, 5.74) is 2.53. The minimum Gasteiger partial charge on any atom is -0.463 e. The summed E-state index contributed by atoms with van der Waals surface area (Å²) in [6.07, 6.45) is -0.497. The van der Waals surface area contributed by atoms with Gasteiger partial charge < -0.3 is 14.9 Å². The molecule has 0 fully saturated rings. The molecule has 128 valence electrons. The first-order valence-corrected chi connectivity index (χ1v) is 8.21. The summed E-state index contributed by atoms with van der Waals surface area (Å²) in [6, 6.07) is 12.8. The van der Waals surface area contributed by atoms with E-state index in [0.29, 0.717) is 16.5 Å². The Hall–Kier alpha value is -1.59. The number of ether oxygens (including phenoxy) is 1. The lowest BCUT2D eigenvalue weighted by atomic mass is 9.98. The zero-order valence-corrected chi connectivity index (χ0v) is 14.4. The van der Waals surface area contributed by atoms with Crippen LogP contribution in [0.15, 0.2) is 42.5 Å². The number of aliphatic hydroxyl groups is 2. The van der Waals surface area contributed by atoms with Crippen LogP contribution < -0.4 is 0 Å². The predicted octanol–water partition coefficient (Wildman–Crippen LogP) is 3.02. The molecule has 24 heavy (non-hydrogen) atoms. The van der Waals surface area contributed by atoms with Crippen LogP contribution in [0, 0.1) is 0 Å². The number of benzene rings is 2. The number of carbonyl (C=O) groups is 1. The molecule has 0 spiro atoms. The van der Waals surface area contributed by atoms with Crippen molar-refractivity contribution in [2.75, 3.05) is 13.2 Å². The number of aliphatic hydroxyl groups excluding tert-OH is 2. The third kappa shape index (κ3) is 5.21. The fourth-order valence-electron chi connectivity index (χ4n) is 2.24. The van der Waals surface area contributed by atoms with Gasteiger partial charge in [-0.15, -0.1) is 0 Å². The van der Waals surface area contributed by atoms with E-state index in [9.17, 15) is 9.90 Å². The Bertz CT molecular complexity index is 683. The lowest BCUT2D eigenvalue weighted by Crippen LogP contribution is -2.22. The Morgan fingerprint density at radius 3 is 2.29 bits per heavy atom. The van der Waals surface area contributed by atoms with Crippen LogP contribution in [0.5, 0.6) is 0 Å². The van der Waals surface area contributed by atoms with E-state index in [0.717, 1.165) is 16.7 Å². The number of hydrogen-bond donors (Lipinski definition) is 2. The van der Waals surface area contributed by atoms with E-state index in [-0.39, 0.29) is 13.0 Å². The molecule has 0 saturated heterocycles. The van der Waals surface area contributed by atoms with E-state index in [1.807, 2.05) is 24.3 Å². The second-order valence-electron chi connectivity index (χ2n) is 5.34. The Morgan fingerprint density at radius 2 is 1.67 bits per heavy atom. The molecule has 4 nitrogen and oxygen atoms in total. The Balaban J connectivity index is 2.12. The van der Waals surface area contributed by atoms with E-state index in [4.69, 9.17) is 33.0 Å². The van der Waals surface area contributed by atoms with Gasteiger partial charge in [0.1, 0.15) is 12.7 Å². The topological polar surface area (TPSA) is 66.8 Å². The van der Waals surface area contributed by atoms with Crippen LogP contribution in [0.1, 0.15) is 16.7 Å². The van der Waals surface area contributed by atoms with Gasteiger partial charge in [0.15, 0.2) is 0 Å². The van der Waals surface area contributed by atoms with Crippen molar-refractivity contribution in [2.45, 2.75) is 18.9 Å². The van der Waals surface area contributed by atoms with Crippen molar-refractivity contribution in [3.8, 4) is 0 Å². The maximum atomic E-state index is 11.9. The molecule has 1 unspecified atom stereocenters. The van der Waals surface area contributed by atoms with E-state index in [1.54, 1.807) is 18.2 Å². The highest BCUT2D eigenvalue weighted by molar-refractivity contribution is 6.36. The standard InChI is InChI=1S/C18H18Cl2O4/c19-16-6-3-7-17(20)15(16)8-12-4-1-2-5-13(12)9-18(23)24-11-14(22)10-21/h1-7,14,21-22H,8-11H2. The summed E-state index contributed by atoms with van der Waals surface area (Å²) in [7, 11) is 0. The summed E-state index contributed by atoms with van der Waals surface area (Å²) in [5.74, 6) is -0.472. The third-order valence-electron chi connectivity index (χ3n) is 3.53. The largest absolute Gasteiger partial charge is 0.463 e. The Morgan fingerprint density at radius 1 is 1.04 bits per heavy atom. The smallest absolute Gasteiger partial charge is 0.310 e. The molecule has 0 aliphatic rings. The summed E-state index contributed by atoms with van der Waals surface area (Å²) in [4.78, 5) is 11.9. The SMILES string of the molecule is O=C(Cc1ccccc1Cc1c(Cl)cccc1Cl)OCC(O)CO. The van der Waals surface area contributed by atoms with Gasteiger partial charge in [0, 0.05) is 16.5 Å². The highest BCUT2D eigenvalue weighted by Gasteiger charge is 2.13. The van der Waals surface area contributed by atoms with E-state index >= 15 is 0 Å². The van der Waals surface area contributed by atoms with E-state index in [1.165, 1.54) is 0 Å². The van der Waals surface area contributed by atoms with Gasteiger partial charge in [-0.1, -0.05) is 53.5 Å². The van der Waals surface area contributed by atoms with Crippen molar-refractivity contribution < 1.29 is 19.7 Å². The molecule has 0 aliphatic carbocycles. The lowest BCUT2D eigenvalue weighted by molar-refractivity contribution is -0.146. The molecule has 0 saturated carbocycles. The Kier molecular flexibility index (Phi) is 7.06. The minimum atomic E-state index is -1.06. The highest BCUT2D eigenvalue weighted by atomic mass is 35.5. The first kappa shape index (κ1) is 18.7. The van der Waals surface area contributed by atoms with E-state index in [2.05, 4.69) is 0 Å². The van der Waals surface area contributed by atoms with Gasteiger partial charge in [0.05, 0.1) is 13.0 Å². The molecule has 0 amide bonds. The predicted molar refractivity (Wildman–Crippen MR) is 93.5 cm³/mol. The molecule has 2 aromatic rings. The van der Waals surface area contributed by atoms with Crippen LogP contribution in [0.4, 0.5) is 0 Å². The fourth-order valence-corrected chi connectivity index (χ4v) is 2.77. The summed E-state index contributed by atoms with van der Waals surface area (Å²) < 4.78 is 4.95. The first-order chi connectivity index (χ1) is 11.5. The fraction of sp³-hybridized carbons (Fsp3) is 0.278. The van der Waals surface area contributed by atoms with Crippen molar-refractivity contribution >= 4 is 29.2 Å². The van der Waals surface area contributed by atoms with Gasteiger partial charge in [0.25, 0.3) is 0 Å². The third-order valence-corrected chi connectivity index (χ3v) is 4.24. The molecule has 0 aromatic heterocycles. The first-order valence-electron chi connectivity index (χ1n) is 7.45. The van der Waals surface area contributed by atoms with Gasteiger partial charge in [0.2, 0.25) is 0 Å². The van der Waals surface area contributed by atoms with Crippen LogP contribution in [0.25, 0.3) is 0 Å². The average molecular weight is 369 g/mol. The number of rotatable bonds is 7. The molecule has 1 atom stereocenters. The monoisotopic (exact) mass is 368 g/mol. The van der Waals surface area contributed by atoms with Crippen molar-refractivity contribution in [1.29, 1.82) is 0 Å². The Labute approximate surface area is 150 Å². The molecule has 0 bridgehead atoms. The van der Waals surface area contributed by atoms with Crippen molar-refractivity contribution in [1.82, 2.24) is 0 Å². The maximum absolute atomic E-state index is 11.9. The number of hydrogen-bond acceptors (Lipinski definition) is 4. The van der Waals surface area contributed by atoms with Crippen LogP contribution in [-0.2, 0) is 22.4 Å². The minimum absolute atomic E-state index is 0.0659.